The van der Waals surface area contributed by atoms with Crippen LogP contribution in [0.2, 0.25) is 0 Å². The molecule has 0 saturated carbocycles. The molecule has 0 heterocycles. The zero-order valence-corrected chi connectivity index (χ0v) is 15.9. The molecule has 0 saturated heterocycles. The monoisotopic (exact) mass is 346 g/mol. The molecule has 1 atom stereocenters. The van der Waals surface area contributed by atoms with Crippen molar-refractivity contribution in [2.24, 2.45) is 0 Å². The zero-order chi connectivity index (χ0) is 15.7. The summed E-state index contributed by atoms with van der Waals surface area (Å²) < 4.78 is 0. The summed E-state index contributed by atoms with van der Waals surface area (Å²) in [4.78, 5) is 24.4. The summed E-state index contributed by atoms with van der Waals surface area (Å²) in [5.41, 5.74) is 0.419. The Balaban J connectivity index is 0.00000242. The molecule has 0 aliphatic heterocycles. The number of ketones is 2. The number of Topliss-reactive ketones (excluding diaryl/α,β-unsaturated/α-hetero) is 1. The van der Waals surface area contributed by atoms with Crippen molar-refractivity contribution in [3.8, 4) is 11.5 Å². The number of halogens is 1. The summed E-state index contributed by atoms with van der Waals surface area (Å²) >= 11 is 0. The van der Waals surface area contributed by atoms with E-state index >= 15 is 0 Å². The Morgan fingerprint density at radius 2 is 1.65 bits per heavy atom. The van der Waals surface area contributed by atoms with Crippen molar-refractivity contribution in [3.05, 3.63) is 46.6 Å². The minimum Gasteiger partial charge on any atom is -1.00 e. The number of carbonyl (C=O) groups is 2. The second-order valence-corrected chi connectivity index (χ2v) is 5.18. The first kappa shape index (κ1) is 21.9. The summed E-state index contributed by atoms with van der Waals surface area (Å²) in [6.45, 7) is 3.71. The Morgan fingerprint density at radius 3 is 2.17 bits per heavy atom. The maximum atomic E-state index is 12.3. The van der Waals surface area contributed by atoms with Crippen molar-refractivity contribution in [1.82, 2.24) is 0 Å². The molecule has 0 unspecified atom stereocenters. The zero-order valence-electron chi connectivity index (χ0n) is 13.1. The molecule has 0 bridgehead atoms. The number of carbonyl (C=O) groups excluding carboxylic acids is 2. The molecule has 0 aromatic heterocycles. The van der Waals surface area contributed by atoms with Crippen LogP contribution in [0.1, 0.15) is 41.0 Å². The van der Waals surface area contributed by atoms with Crippen molar-refractivity contribution < 1.29 is 66.9 Å². The average Bonchev–Trinajstić information content (AvgIpc) is 2.42. The Kier molecular flexibility index (Phi) is 8.24. The van der Waals surface area contributed by atoms with E-state index in [9.17, 15) is 24.9 Å². The third-order valence-corrected chi connectivity index (χ3v) is 3.29. The van der Waals surface area contributed by atoms with Gasteiger partial charge in [0.15, 0.2) is 11.6 Å². The van der Waals surface area contributed by atoms with Gasteiger partial charge in [-0.25, -0.2) is 0 Å². The van der Waals surface area contributed by atoms with E-state index in [1.165, 1.54) is 0 Å². The number of rotatable bonds is 3. The maximum Gasteiger partial charge on any atom is 1.00 e. The van der Waals surface area contributed by atoms with Crippen molar-refractivity contribution in [2.75, 3.05) is 0 Å². The summed E-state index contributed by atoms with van der Waals surface area (Å²) in [6.07, 6.45) is 1.84. The van der Waals surface area contributed by atoms with Gasteiger partial charge in [0, 0.05) is 5.57 Å². The molecule has 1 aromatic rings. The number of aliphatic hydroxyl groups is 1. The van der Waals surface area contributed by atoms with Crippen LogP contribution in [0, 0.1) is 0 Å². The van der Waals surface area contributed by atoms with Gasteiger partial charge in [-0.05, 0) is 38.5 Å². The molecule has 0 spiro atoms. The molecule has 7 heteroatoms. The van der Waals surface area contributed by atoms with Crippen molar-refractivity contribution >= 4 is 11.6 Å². The smallest absolute Gasteiger partial charge is 1.00 e. The van der Waals surface area contributed by atoms with Crippen LogP contribution in [-0.4, -0.2) is 33.0 Å². The standard InChI is InChI=1S/C16H16O5.ClH.Na/c1-8(2)3-4-10(17)9-7-13(20)14-11(18)5-6-12(19)15(14)16(9)21;;/h3,5-7,10,17-19H,4H2,1-2H3;1H;/q;;+1/p-1/t10-;;/m1../s1. The van der Waals surface area contributed by atoms with Crippen LogP contribution in [0.4, 0.5) is 0 Å². The molecule has 23 heavy (non-hydrogen) atoms. The van der Waals surface area contributed by atoms with Crippen LogP contribution in [0.25, 0.3) is 0 Å². The molecule has 3 N–H and O–H groups in total. The average molecular weight is 347 g/mol. The van der Waals surface area contributed by atoms with Gasteiger partial charge in [-0.3, -0.25) is 9.59 Å². The molecule has 0 fully saturated rings. The summed E-state index contributed by atoms with van der Waals surface area (Å²) in [5, 5.41) is 29.5. The van der Waals surface area contributed by atoms with Gasteiger partial charge >= 0.3 is 29.6 Å². The van der Waals surface area contributed by atoms with Gasteiger partial charge in [-0.1, -0.05) is 11.6 Å². The number of hydrogen-bond donors (Lipinski definition) is 3. The van der Waals surface area contributed by atoms with Gasteiger partial charge in [-0.15, -0.1) is 0 Å². The van der Waals surface area contributed by atoms with E-state index in [-0.39, 0.29) is 76.6 Å². The quantitative estimate of drug-likeness (QED) is 0.296. The van der Waals surface area contributed by atoms with E-state index in [2.05, 4.69) is 0 Å². The van der Waals surface area contributed by atoms with E-state index in [1.807, 2.05) is 13.8 Å². The van der Waals surface area contributed by atoms with Crippen molar-refractivity contribution in [3.63, 3.8) is 0 Å². The molecule has 0 amide bonds. The Hall–Kier alpha value is -1.11. The topological polar surface area (TPSA) is 94.8 Å². The number of aliphatic hydroxyl groups excluding tert-OH is 1. The number of allylic oxidation sites excluding steroid dienone is 2. The van der Waals surface area contributed by atoms with E-state index in [4.69, 9.17) is 0 Å². The van der Waals surface area contributed by atoms with Gasteiger partial charge < -0.3 is 27.7 Å². The fraction of sp³-hybridized carbons (Fsp3) is 0.250. The van der Waals surface area contributed by atoms with Gasteiger partial charge in [0.05, 0.1) is 17.2 Å². The van der Waals surface area contributed by atoms with Crippen LogP contribution >= 0.6 is 0 Å². The minimum atomic E-state index is -1.13. The van der Waals surface area contributed by atoms with Gasteiger partial charge in [0.1, 0.15) is 11.5 Å². The van der Waals surface area contributed by atoms with Crippen molar-refractivity contribution in [1.29, 1.82) is 0 Å². The van der Waals surface area contributed by atoms with E-state index in [0.717, 1.165) is 23.8 Å². The number of hydrogen-bond acceptors (Lipinski definition) is 5. The second kappa shape index (κ2) is 8.66. The Morgan fingerprint density at radius 1 is 1.13 bits per heavy atom. The number of aromatic hydroxyl groups is 2. The number of benzene rings is 1. The largest absolute Gasteiger partial charge is 1.00 e. The fourth-order valence-electron chi connectivity index (χ4n) is 2.21. The molecule has 1 aromatic carbocycles. The molecular formula is C16H16ClNaO5. The van der Waals surface area contributed by atoms with E-state index < -0.39 is 17.7 Å². The van der Waals surface area contributed by atoms with Crippen LogP contribution < -0.4 is 42.0 Å². The first-order valence-electron chi connectivity index (χ1n) is 6.50. The summed E-state index contributed by atoms with van der Waals surface area (Å²) in [5.74, 6) is -2.01. The molecular weight excluding hydrogens is 331 g/mol. The predicted molar refractivity (Wildman–Crippen MR) is 76.6 cm³/mol. The molecule has 2 rings (SSSR count). The first-order valence-corrected chi connectivity index (χ1v) is 6.50. The fourth-order valence-corrected chi connectivity index (χ4v) is 2.21. The number of phenols is 2. The van der Waals surface area contributed by atoms with Gasteiger partial charge in [0.2, 0.25) is 0 Å². The maximum absolute atomic E-state index is 12.3. The van der Waals surface area contributed by atoms with E-state index in [1.54, 1.807) is 6.08 Å². The number of fused-ring (bicyclic) bond motifs is 1. The third-order valence-electron chi connectivity index (χ3n) is 3.29. The molecule has 0 radical (unpaired) electrons. The second-order valence-electron chi connectivity index (χ2n) is 5.18. The first-order chi connectivity index (χ1) is 9.82. The van der Waals surface area contributed by atoms with E-state index in [0.29, 0.717) is 0 Å². The summed E-state index contributed by atoms with van der Waals surface area (Å²) in [7, 11) is 0. The van der Waals surface area contributed by atoms with Crippen LogP contribution in [0.3, 0.4) is 0 Å². The van der Waals surface area contributed by atoms with Gasteiger partial charge in [-0.2, -0.15) is 0 Å². The Bertz CT molecular complexity index is 690. The summed E-state index contributed by atoms with van der Waals surface area (Å²) in [6, 6.07) is 2.29. The molecule has 1 aliphatic carbocycles. The third kappa shape index (κ3) is 4.46. The SMILES string of the molecule is CC(C)=CC[C@@H](O)C1=CC(=O)c2c(O)ccc(O)c2C1=O.[Cl-].[Na+]. The Labute approximate surface area is 162 Å². The predicted octanol–water partition coefficient (Wildman–Crippen LogP) is -3.87. The molecule has 5 nitrogen and oxygen atoms in total. The van der Waals surface area contributed by atoms with Crippen LogP contribution in [0.15, 0.2) is 35.4 Å². The number of phenolic OH excluding ortho intramolecular Hbond substituents is 2. The molecule has 118 valence electrons. The van der Waals surface area contributed by atoms with Crippen molar-refractivity contribution in [2.45, 2.75) is 26.4 Å². The van der Waals surface area contributed by atoms with Crippen LogP contribution in [0.5, 0.6) is 11.5 Å². The normalized spacial score (nSPS) is 14.0. The minimum absolute atomic E-state index is 0. The van der Waals surface area contributed by atoms with Gasteiger partial charge in [0.25, 0.3) is 0 Å². The van der Waals surface area contributed by atoms with Crippen LogP contribution in [-0.2, 0) is 0 Å². The molecule has 1 aliphatic rings.